The lowest BCUT2D eigenvalue weighted by Gasteiger charge is -2.06. The highest BCUT2D eigenvalue weighted by Crippen LogP contribution is 2.10. The Hall–Kier alpha value is -1.98. The topological polar surface area (TPSA) is 98.0 Å². The van der Waals surface area contributed by atoms with Gasteiger partial charge in [-0.05, 0) is 6.42 Å². The minimum atomic E-state index is -0.743. The molecule has 24 heavy (non-hydrogen) atoms. The summed E-state index contributed by atoms with van der Waals surface area (Å²) in [5.41, 5.74) is 5.10. The summed E-state index contributed by atoms with van der Waals surface area (Å²) in [5.74, 6) is -1.14. The molecule has 134 valence electrons. The predicted molar refractivity (Wildman–Crippen MR) is 94.7 cm³/mol. The highest BCUT2D eigenvalue weighted by Gasteiger charge is 2.17. The maximum absolute atomic E-state index is 12.0. The molecule has 0 aliphatic rings. The highest BCUT2D eigenvalue weighted by molar-refractivity contribution is 6.03. The van der Waals surface area contributed by atoms with Crippen molar-refractivity contribution in [1.82, 2.24) is 15.3 Å². The summed E-state index contributed by atoms with van der Waals surface area (Å²) in [6, 6.07) is 0. The Morgan fingerprint density at radius 2 is 1.38 bits per heavy atom. The number of hydrogen-bond donors (Lipinski definition) is 2. The summed E-state index contributed by atoms with van der Waals surface area (Å²) in [7, 11) is 0. The summed E-state index contributed by atoms with van der Waals surface area (Å²) in [6.07, 6.45) is 15.2. The smallest absolute Gasteiger partial charge is 0.272 e. The minimum absolute atomic E-state index is 0.00270. The molecule has 0 saturated heterocycles. The maximum Gasteiger partial charge on any atom is 0.272 e. The van der Waals surface area contributed by atoms with Gasteiger partial charge in [0.1, 0.15) is 0 Å². The van der Waals surface area contributed by atoms with E-state index in [1.165, 1.54) is 63.8 Å². The summed E-state index contributed by atoms with van der Waals surface area (Å²) < 4.78 is 0. The molecule has 0 fully saturated rings. The third kappa shape index (κ3) is 8.04. The number of primary amides is 1. The second-order valence-corrected chi connectivity index (χ2v) is 6.06. The molecular formula is C18H30N4O2. The SMILES string of the molecule is CCCCCCCCCCCCNC(=O)c1nccnc1C(N)=O. The fraction of sp³-hybridized carbons (Fsp3) is 0.667. The Balaban J connectivity index is 2.09. The van der Waals surface area contributed by atoms with Crippen molar-refractivity contribution in [2.24, 2.45) is 5.73 Å². The van der Waals surface area contributed by atoms with E-state index >= 15 is 0 Å². The predicted octanol–water partition coefficient (Wildman–Crippen LogP) is 3.23. The molecule has 0 atom stereocenters. The van der Waals surface area contributed by atoms with Gasteiger partial charge >= 0.3 is 0 Å². The first kappa shape index (κ1) is 20.1. The van der Waals surface area contributed by atoms with Crippen molar-refractivity contribution in [2.75, 3.05) is 6.54 Å². The van der Waals surface area contributed by atoms with Crippen molar-refractivity contribution in [1.29, 1.82) is 0 Å². The second-order valence-electron chi connectivity index (χ2n) is 6.06. The van der Waals surface area contributed by atoms with Gasteiger partial charge in [-0.2, -0.15) is 0 Å². The summed E-state index contributed by atoms with van der Waals surface area (Å²) in [4.78, 5) is 30.9. The molecule has 6 heteroatoms. The molecule has 0 unspecified atom stereocenters. The molecule has 2 amide bonds. The van der Waals surface area contributed by atoms with Gasteiger partial charge in [-0.15, -0.1) is 0 Å². The molecule has 0 aliphatic heterocycles. The van der Waals surface area contributed by atoms with E-state index in [1.807, 2.05) is 0 Å². The first-order valence-corrected chi connectivity index (χ1v) is 9.05. The Morgan fingerprint density at radius 1 is 0.875 bits per heavy atom. The average molecular weight is 334 g/mol. The number of carbonyl (C=O) groups is 2. The van der Waals surface area contributed by atoms with Crippen LogP contribution in [0.2, 0.25) is 0 Å². The van der Waals surface area contributed by atoms with E-state index in [0.29, 0.717) is 6.54 Å². The normalized spacial score (nSPS) is 10.5. The quantitative estimate of drug-likeness (QED) is 0.541. The monoisotopic (exact) mass is 334 g/mol. The van der Waals surface area contributed by atoms with Gasteiger partial charge in [0.25, 0.3) is 11.8 Å². The van der Waals surface area contributed by atoms with Gasteiger partial charge in [-0.1, -0.05) is 64.7 Å². The molecule has 1 heterocycles. The van der Waals surface area contributed by atoms with Gasteiger partial charge in [0.2, 0.25) is 0 Å². The molecule has 0 bridgehead atoms. The first-order valence-electron chi connectivity index (χ1n) is 9.05. The number of nitrogens with two attached hydrogens (primary N) is 1. The van der Waals surface area contributed by atoms with Crippen LogP contribution in [0.25, 0.3) is 0 Å². The van der Waals surface area contributed by atoms with Gasteiger partial charge in [0.05, 0.1) is 0 Å². The van der Waals surface area contributed by atoms with Crippen molar-refractivity contribution in [3.05, 3.63) is 23.8 Å². The Morgan fingerprint density at radius 3 is 1.92 bits per heavy atom. The van der Waals surface area contributed by atoms with E-state index in [-0.39, 0.29) is 11.4 Å². The van der Waals surface area contributed by atoms with Crippen LogP contribution in [0.15, 0.2) is 12.4 Å². The number of aromatic nitrogens is 2. The van der Waals surface area contributed by atoms with Crippen molar-refractivity contribution in [2.45, 2.75) is 71.1 Å². The molecule has 1 aromatic heterocycles. The number of amides is 2. The van der Waals surface area contributed by atoms with E-state index in [1.54, 1.807) is 0 Å². The zero-order valence-corrected chi connectivity index (χ0v) is 14.7. The van der Waals surface area contributed by atoms with Crippen molar-refractivity contribution in [3.8, 4) is 0 Å². The van der Waals surface area contributed by atoms with Gasteiger partial charge in [-0.3, -0.25) is 9.59 Å². The Labute approximate surface area is 144 Å². The minimum Gasteiger partial charge on any atom is -0.364 e. The lowest BCUT2D eigenvalue weighted by molar-refractivity contribution is 0.0928. The van der Waals surface area contributed by atoms with Crippen molar-refractivity contribution < 1.29 is 9.59 Å². The molecule has 0 saturated carbocycles. The summed E-state index contributed by atoms with van der Waals surface area (Å²) >= 11 is 0. The standard InChI is InChI=1S/C18H30N4O2/c1-2-3-4-5-6-7-8-9-10-11-12-22-18(24)16-15(17(19)23)20-13-14-21-16/h13-14H,2-12H2,1H3,(H2,19,23)(H,22,24). The summed E-state index contributed by atoms with van der Waals surface area (Å²) in [6.45, 7) is 2.81. The van der Waals surface area contributed by atoms with Crippen LogP contribution in [-0.2, 0) is 0 Å². The average Bonchev–Trinajstić information content (AvgIpc) is 2.59. The molecule has 0 spiro atoms. The maximum atomic E-state index is 12.0. The fourth-order valence-corrected chi connectivity index (χ4v) is 2.58. The van der Waals surface area contributed by atoms with E-state index in [0.717, 1.165) is 12.8 Å². The van der Waals surface area contributed by atoms with Crippen LogP contribution in [0, 0.1) is 0 Å². The zero-order chi connectivity index (χ0) is 17.6. The molecule has 0 radical (unpaired) electrons. The number of rotatable bonds is 13. The molecule has 1 aromatic rings. The highest BCUT2D eigenvalue weighted by atomic mass is 16.2. The zero-order valence-electron chi connectivity index (χ0n) is 14.7. The van der Waals surface area contributed by atoms with Crippen LogP contribution in [0.5, 0.6) is 0 Å². The number of nitrogens with one attached hydrogen (secondary N) is 1. The lowest BCUT2D eigenvalue weighted by atomic mass is 10.1. The van der Waals surface area contributed by atoms with Gasteiger partial charge in [0, 0.05) is 18.9 Å². The van der Waals surface area contributed by atoms with Crippen LogP contribution in [0.1, 0.15) is 92.1 Å². The number of carbonyl (C=O) groups excluding carboxylic acids is 2. The molecule has 0 aliphatic carbocycles. The third-order valence-corrected chi connectivity index (χ3v) is 3.96. The Kier molecular flexibility index (Phi) is 10.4. The lowest BCUT2D eigenvalue weighted by Crippen LogP contribution is -2.29. The van der Waals surface area contributed by atoms with Crippen LogP contribution >= 0.6 is 0 Å². The number of hydrogen-bond acceptors (Lipinski definition) is 4. The van der Waals surface area contributed by atoms with Gasteiger partial charge < -0.3 is 11.1 Å². The van der Waals surface area contributed by atoms with Crippen LogP contribution in [-0.4, -0.2) is 28.3 Å². The van der Waals surface area contributed by atoms with Crippen LogP contribution < -0.4 is 11.1 Å². The van der Waals surface area contributed by atoms with Gasteiger partial charge in [-0.25, -0.2) is 9.97 Å². The third-order valence-electron chi connectivity index (χ3n) is 3.96. The molecule has 6 nitrogen and oxygen atoms in total. The van der Waals surface area contributed by atoms with E-state index in [9.17, 15) is 9.59 Å². The van der Waals surface area contributed by atoms with Crippen molar-refractivity contribution >= 4 is 11.8 Å². The Bertz CT molecular complexity index is 506. The van der Waals surface area contributed by atoms with Gasteiger partial charge in [0.15, 0.2) is 11.4 Å². The number of nitrogens with zero attached hydrogens (tertiary/aromatic N) is 2. The molecule has 0 aromatic carbocycles. The number of unbranched alkanes of at least 4 members (excludes halogenated alkanes) is 9. The van der Waals surface area contributed by atoms with Crippen molar-refractivity contribution in [3.63, 3.8) is 0 Å². The van der Waals surface area contributed by atoms with E-state index < -0.39 is 11.8 Å². The first-order chi connectivity index (χ1) is 11.7. The van der Waals surface area contributed by atoms with E-state index in [2.05, 4.69) is 22.2 Å². The summed E-state index contributed by atoms with van der Waals surface area (Å²) in [5, 5.41) is 2.77. The van der Waals surface area contributed by atoms with Crippen LogP contribution in [0.3, 0.4) is 0 Å². The largest absolute Gasteiger partial charge is 0.364 e. The molecule has 1 rings (SSSR count). The fourth-order valence-electron chi connectivity index (χ4n) is 2.58. The second kappa shape index (κ2) is 12.4. The molecule has 3 N–H and O–H groups in total. The molecular weight excluding hydrogens is 304 g/mol. The van der Waals surface area contributed by atoms with E-state index in [4.69, 9.17) is 5.73 Å². The van der Waals surface area contributed by atoms with Crippen LogP contribution in [0.4, 0.5) is 0 Å².